The summed E-state index contributed by atoms with van der Waals surface area (Å²) < 4.78 is 54.7. The zero-order chi connectivity index (χ0) is 24.4. The molecule has 0 spiro atoms. The van der Waals surface area contributed by atoms with Gasteiger partial charge in [-0.15, -0.1) is 0 Å². The molecule has 0 radical (unpaired) electrons. The van der Waals surface area contributed by atoms with Gasteiger partial charge in [0.2, 0.25) is 0 Å². The van der Waals surface area contributed by atoms with Gasteiger partial charge in [-0.3, -0.25) is 4.57 Å². The van der Waals surface area contributed by atoms with Gasteiger partial charge in [-0.2, -0.15) is 13.2 Å². The quantitative estimate of drug-likeness (QED) is 0.216. The number of nitrogens with one attached hydrogen (secondary N) is 1. The van der Waals surface area contributed by atoms with Crippen molar-refractivity contribution in [2.45, 2.75) is 43.6 Å². The normalized spacial score (nSPS) is 24.0. The van der Waals surface area contributed by atoms with E-state index in [9.17, 15) is 33.2 Å². The van der Waals surface area contributed by atoms with Gasteiger partial charge in [0.15, 0.2) is 23.2 Å². The average molecular weight is 517 g/mol. The number of aryl methyl sites for hydroxylation is 1. The number of alkyl halides is 3. The number of aromatic nitrogens is 4. The molecule has 1 aliphatic heterocycles. The van der Waals surface area contributed by atoms with E-state index in [0.29, 0.717) is 13.2 Å². The van der Waals surface area contributed by atoms with E-state index in [-0.39, 0.29) is 22.8 Å². The van der Waals surface area contributed by atoms with Gasteiger partial charge in [-0.1, -0.05) is 0 Å². The number of halogens is 3. The molecule has 3 heterocycles. The number of methoxy groups -OCH3 is 1. The first kappa shape index (κ1) is 26.1. The van der Waals surface area contributed by atoms with Crippen LogP contribution in [0.1, 0.15) is 18.5 Å². The molecule has 0 aliphatic carbocycles. The number of imidazole rings is 1. The molecule has 1 aliphatic rings. The molecular formula is C16H23F3N5O7PS. The zero-order valence-corrected chi connectivity index (χ0v) is 18.9. The predicted octanol–water partition coefficient (Wildman–Crippen LogP) is 0.224. The van der Waals surface area contributed by atoms with Crippen molar-refractivity contribution in [2.24, 2.45) is 0 Å². The Kier molecular flexibility index (Phi) is 8.24. The van der Waals surface area contributed by atoms with Crippen LogP contribution in [0.15, 0.2) is 6.33 Å². The summed E-state index contributed by atoms with van der Waals surface area (Å²) in [4.78, 5) is 30.9. The Morgan fingerprint density at radius 2 is 2.00 bits per heavy atom. The van der Waals surface area contributed by atoms with Gasteiger partial charge in [0.25, 0.3) is 0 Å². The molecule has 0 aromatic carbocycles. The number of rotatable bonds is 10. The van der Waals surface area contributed by atoms with Gasteiger partial charge in [0.05, 0.1) is 26.0 Å². The van der Waals surface area contributed by atoms with E-state index in [1.165, 1.54) is 18.0 Å². The lowest BCUT2D eigenvalue weighted by Gasteiger charge is -2.17. The molecule has 5 N–H and O–H groups in total. The third-order valence-electron chi connectivity index (χ3n) is 4.72. The Morgan fingerprint density at radius 3 is 2.64 bits per heavy atom. The van der Waals surface area contributed by atoms with Crippen molar-refractivity contribution in [3.63, 3.8) is 0 Å². The topological polar surface area (TPSA) is 164 Å². The highest BCUT2D eigenvalue weighted by atomic mass is 32.5. The van der Waals surface area contributed by atoms with Crippen molar-refractivity contribution in [1.29, 1.82) is 0 Å². The number of hydrogen-bond acceptors (Lipinski definition) is 10. The van der Waals surface area contributed by atoms with Crippen molar-refractivity contribution in [1.82, 2.24) is 19.5 Å². The lowest BCUT2D eigenvalue weighted by atomic mass is 10.1. The van der Waals surface area contributed by atoms with Gasteiger partial charge < -0.3 is 39.3 Å². The van der Waals surface area contributed by atoms with E-state index >= 15 is 0 Å². The Hall–Kier alpha value is -1.49. The fraction of sp³-hybridized carbons (Fsp3) is 0.688. The second-order valence-corrected chi connectivity index (χ2v) is 9.85. The molecule has 186 valence electrons. The molecule has 0 saturated carbocycles. The van der Waals surface area contributed by atoms with Crippen LogP contribution in [0.3, 0.4) is 0 Å². The standard InChI is InChI=1S/C16H23F3N5O7PS/c1-29-5-4-20-13-10-14(23-9(22-13)2-3-16(17,18)19)24(7-21-10)15-12(26)11(25)8(31-15)6-30-32(27,28)33/h7-8,11-12,15,25-26H,2-6H2,1H3,(H,20,22,23)(H2,27,28,33)/t8-,11-,12-,15-/m1/s1. The number of aliphatic hydroxyl groups is 2. The minimum atomic E-state index is -4.41. The average Bonchev–Trinajstić information content (AvgIpc) is 3.25. The molecule has 3 rings (SSSR count). The number of aliphatic hydroxyl groups excluding tert-OH is 2. The van der Waals surface area contributed by atoms with Gasteiger partial charge >= 0.3 is 12.9 Å². The summed E-state index contributed by atoms with van der Waals surface area (Å²) in [5.74, 6) is 0.0535. The predicted molar refractivity (Wildman–Crippen MR) is 111 cm³/mol. The van der Waals surface area contributed by atoms with Crippen LogP contribution in [0.25, 0.3) is 11.2 Å². The highest BCUT2D eigenvalue weighted by Gasteiger charge is 2.45. The first-order valence-corrected chi connectivity index (χ1v) is 12.3. The zero-order valence-electron chi connectivity index (χ0n) is 17.2. The maximum Gasteiger partial charge on any atom is 0.389 e. The van der Waals surface area contributed by atoms with Crippen molar-refractivity contribution < 1.29 is 47.2 Å². The molecule has 4 atom stereocenters. The first-order valence-electron chi connectivity index (χ1n) is 9.64. The Balaban J connectivity index is 1.92. The number of fused-ring (bicyclic) bond motifs is 1. The van der Waals surface area contributed by atoms with Crippen LogP contribution in [0.4, 0.5) is 19.0 Å². The lowest BCUT2D eigenvalue weighted by Crippen LogP contribution is -2.33. The monoisotopic (exact) mass is 517 g/mol. The minimum absolute atomic E-state index is 0.0642. The van der Waals surface area contributed by atoms with Gasteiger partial charge in [-0.05, 0) is 11.8 Å². The van der Waals surface area contributed by atoms with Crippen LogP contribution in [-0.2, 0) is 32.2 Å². The summed E-state index contributed by atoms with van der Waals surface area (Å²) >= 11 is 4.36. The largest absolute Gasteiger partial charge is 0.389 e. The van der Waals surface area contributed by atoms with Crippen LogP contribution < -0.4 is 5.32 Å². The fourth-order valence-electron chi connectivity index (χ4n) is 3.18. The summed E-state index contributed by atoms with van der Waals surface area (Å²) in [5.41, 5.74) is 0.266. The Bertz CT molecular complexity index is 1010. The molecule has 0 bridgehead atoms. The Labute approximate surface area is 190 Å². The summed E-state index contributed by atoms with van der Waals surface area (Å²) in [5, 5.41) is 23.7. The molecule has 1 saturated heterocycles. The van der Waals surface area contributed by atoms with Crippen LogP contribution >= 0.6 is 6.72 Å². The van der Waals surface area contributed by atoms with Crippen molar-refractivity contribution >= 4 is 35.5 Å². The molecule has 2 aromatic heterocycles. The summed E-state index contributed by atoms with van der Waals surface area (Å²) in [6.45, 7) is -3.94. The molecule has 1 fully saturated rings. The highest BCUT2D eigenvalue weighted by molar-refractivity contribution is 8.06. The number of nitrogens with zero attached hydrogens (tertiary/aromatic N) is 4. The molecular weight excluding hydrogens is 494 g/mol. The van der Waals surface area contributed by atoms with Crippen LogP contribution in [0.5, 0.6) is 0 Å². The second kappa shape index (κ2) is 10.4. The van der Waals surface area contributed by atoms with E-state index in [4.69, 9.17) is 14.0 Å². The van der Waals surface area contributed by atoms with E-state index in [0.717, 1.165) is 0 Å². The maximum absolute atomic E-state index is 12.7. The number of hydrogen-bond donors (Lipinski definition) is 5. The molecule has 0 amide bonds. The van der Waals surface area contributed by atoms with Gasteiger partial charge in [0, 0.05) is 20.1 Å². The first-order chi connectivity index (χ1) is 15.4. The van der Waals surface area contributed by atoms with E-state index in [1.54, 1.807) is 0 Å². The number of anilines is 1. The fourth-order valence-corrected chi connectivity index (χ4v) is 3.70. The smallest absolute Gasteiger partial charge is 0.387 e. The van der Waals surface area contributed by atoms with Crippen LogP contribution in [0, 0.1) is 0 Å². The summed E-state index contributed by atoms with van der Waals surface area (Å²) in [6.07, 6.45) is -10.2. The van der Waals surface area contributed by atoms with Crippen molar-refractivity contribution in [3.05, 3.63) is 12.2 Å². The molecule has 33 heavy (non-hydrogen) atoms. The molecule has 2 aromatic rings. The highest BCUT2D eigenvalue weighted by Crippen LogP contribution is 2.39. The van der Waals surface area contributed by atoms with Crippen LogP contribution in [-0.4, -0.2) is 90.9 Å². The van der Waals surface area contributed by atoms with Gasteiger partial charge in [0.1, 0.15) is 24.1 Å². The van der Waals surface area contributed by atoms with Gasteiger partial charge in [-0.25, -0.2) is 15.0 Å². The third kappa shape index (κ3) is 6.77. The van der Waals surface area contributed by atoms with Crippen LogP contribution in [0.2, 0.25) is 0 Å². The van der Waals surface area contributed by atoms with E-state index in [1.807, 2.05) is 0 Å². The van der Waals surface area contributed by atoms with Crippen molar-refractivity contribution in [3.8, 4) is 0 Å². The lowest BCUT2D eigenvalue weighted by molar-refractivity contribution is -0.134. The number of ether oxygens (including phenoxy) is 2. The van der Waals surface area contributed by atoms with E-state index in [2.05, 4.69) is 32.1 Å². The maximum atomic E-state index is 12.7. The SMILES string of the molecule is COCCNc1nc(CCC(F)(F)F)nc2c1ncn2[C@@H]1O[C@H](COP(O)(O)=S)[C@@H](O)[C@H]1O. The van der Waals surface area contributed by atoms with E-state index < -0.39 is 56.9 Å². The summed E-state index contributed by atoms with van der Waals surface area (Å²) in [6, 6.07) is 0. The molecule has 0 unspecified atom stereocenters. The third-order valence-corrected chi connectivity index (χ3v) is 5.52. The second-order valence-electron chi connectivity index (χ2n) is 7.18. The minimum Gasteiger partial charge on any atom is -0.387 e. The molecule has 12 nitrogen and oxygen atoms in total. The van der Waals surface area contributed by atoms with Crippen molar-refractivity contribution in [2.75, 3.05) is 32.2 Å². The summed E-state index contributed by atoms with van der Waals surface area (Å²) in [7, 11) is 1.48. The Morgan fingerprint density at radius 1 is 1.27 bits per heavy atom. The molecule has 17 heteroatoms.